The number of hydrazine groups is 1. The predicted octanol–water partition coefficient (Wildman–Crippen LogP) is 2.57. The van der Waals surface area contributed by atoms with Crippen LogP contribution < -0.4 is 15.5 Å². The summed E-state index contributed by atoms with van der Waals surface area (Å²) in [6, 6.07) is 11.0. The van der Waals surface area contributed by atoms with Crippen LogP contribution in [0.15, 0.2) is 47.5 Å². The number of carboxylic acid groups (broad SMARTS) is 1. The van der Waals surface area contributed by atoms with Crippen LogP contribution in [0.2, 0.25) is 5.02 Å². The van der Waals surface area contributed by atoms with E-state index in [1.165, 1.54) is 29.2 Å². The van der Waals surface area contributed by atoms with Gasteiger partial charge in [-0.05, 0) is 54.4 Å². The van der Waals surface area contributed by atoms with Gasteiger partial charge in [-0.1, -0.05) is 11.6 Å². The van der Waals surface area contributed by atoms with Gasteiger partial charge in [-0.3, -0.25) is 14.6 Å². The van der Waals surface area contributed by atoms with E-state index in [-0.39, 0.29) is 43.5 Å². The number of rotatable bonds is 8. The smallest absolute Gasteiger partial charge is 0.335 e. The van der Waals surface area contributed by atoms with Crippen LogP contribution in [0.5, 0.6) is 5.75 Å². The molecule has 1 heterocycles. The normalized spacial score (nSPS) is 15.5. The fraction of sp³-hybridized carbons (Fsp3) is 0.333. The van der Waals surface area contributed by atoms with Crippen molar-refractivity contribution in [2.24, 2.45) is 10.9 Å². The first-order valence-electron chi connectivity index (χ1n) is 10.9. The molecule has 0 radical (unpaired) electrons. The molecular formula is C24H29Cl2N5O5. The van der Waals surface area contributed by atoms with Gasteiger partial charge in [0, 0.05) is 24.8 Å². The number of ether oxygens (including phenoxy) is 1. The van der Waals surface area contributed by atoms with Crippen molar-refractivity contribution in [2.75, 3.05) is 46.2 Å². The number of anilines is 1. The number of amides is 2. The molecule has 3 N–H and O–H groups in total. The van der Waals surface area contributed by atoms with E-state index in [1.54, 1.807) is 44.4 Å². The maximum atomic E-state index is 13.5. The second-order valence-corrected chi connectivity index (χ2v) is 8.71. The van der Waals surface area contributed by atoms with Crippen LogP contribution in [-0.2, 0) is 16.0 Å². The highest BCUT2D eigenvalue weighted by Gasteiger charge is 2.31. The number of hydrogen-bond acceptors (Lipinski definition) is 7. The summed E-state index contributed by atoms with van der Waals surface area (Å²) in [7, 11) is 5.17. The number of carbonyl (C=O) groups excluding carboxylic acids is 2. The van der Waals surface area contributed by atoms with E-state index in [0.29, 0.717) is 28.7 Å². The fourth-order valence-corrected chi connectivity index (χ4v) is 3.92. The van der Waals surface area contributed by atoms with Crippen LogP contribution in [0, 0.1) is 5.92 Å². The SMILES string of the molecule is COc1ccc(Cl)cc1C[C@@H]1CN=C(NN(C)C)CN(CC(=O)Nc2ccc(C(=O)O)cc2)C1=O.Cl. The highest BCUT2D eigenvalue weighted by atomic mass is 35.5. The van der Waals surface area contributed by atoms with Gasteiger partial charge in [0.1, 0.15) is 18.1 Å². The zero-order valence-electron chi connectivity index (χ0n) is 20.2. The average molecular weight is 538 g/mol. The predicted molar refractivity (Wildman–Crippen MR) is 140 cm³/mol. The molecule has 0 spiro atoms. The molecule has 0 unspecified atom stereocenters. The summed E-state index contributed by atoms with van der Waals surface area (Å²) >= 11 is 6.16. The molecule has 1 aliphatic heterocycles. The molecule has 36 heavy (non-hydrogen) atoms. The quantitative estimate of drug-likeness (QED) is 0.442. The number of carboxylic acids is 1. The van der Waals surface area contributed by atoms with Gasteiger partial charge < -0.3 is 25.5 Å². The van der Waals surface area contributed by atoms with E-state index in [9.17, 15) is 14.4 Å². The molecule has 3 rings (SSSR count). The van der Waals surface area contributed by atoms with Crippen molar-refractivity contribution >= 4 is 53.3 Å². The Labute approximate surface area is 220 Å². The Morgan fingerprint density at radius 3 is 2.53 bits per heavy atom. The van der Waals surface area contributed by atoms with Gasteiger partial charge in [0.2, 0.25) is 11.8 Å². The largest absolute Gasteiger partial charge is 0.496 e. The van der Waals surface area contributed by atoms with E-state index < -0.39 is 17.8 Å². The van der Waals surface area contributed by atoms with Crippen molar-refractivity contribution in [2.45, 2.75) is 6.42 Å². The summed E-state index contributed by atoms with van der Waals surface area (Å²) in [6.45, 7) is 0.168. The van der Waals surface area contributed by atoms with Gasteiger partial charge in [0.05, 0.1) is 31.7 Å². The minimum Gasteiger partial charge on any atom is -0.496 e. The van der Waals surface area contributed by atoms with E-state index in [4.69, 9.17) is 21.4 Å². The minimum absolute atomic E-state index is 0. The number of methoxy groups -OCH3 is 1. The molecule has 1 atom stereocenters. The van der Waals surface area contributed by atoms with Crippen molar-refractivity contribution in [3.63, 3.8) is 0 Å². The van der Waals surface area contributed by atoms with Crippen LogP contribution in [0.1, 0.15) is 15.9 Å². The van der Waals surface area contributed by atoms with E-state index >= 15 is 0 Å². The monoisotopic (exact) mass is 537 g/mol. The molecular weight excluding hydrogens is 509 g/mol. The third kappa shape index (κ3) is 7.84. The maximum Gasteiger partial charge on any atom is 0.335 e. The summed E-state index contributed by atoms with van der Waals surface area (Å²) in [4.78, 5) is 43.3. The summed E-state index contributed by atoms with van der Waals surface area (Å²) in [6.07, 6.45) is 0.343. The number of benzene rings is 2. The lowest BCUT2D eigenvalue weighted by Crippen LogP contribution is -2.47. The first kappa shape index (κ1) is 28.9. The second-order valence-electron chi connectivity index (χ2n) is 8.28. The lowest BCUT2D eigenvalue weighted by Gasteiger charge is -2.25. The molecule has 10 nitrogen and oxygen atoms in total. The van der Waals surface area contributed by atoms with Gasteiger partial charge in [0.25, 0.3) is 0 Å². The van der Waals surface area contributed by atoms with Gasteiger partial charge in [0.15, 0.2) is 0 Å². The Morgan fingerprint density at radius 2 is 1.92 bits per heavy atom. The summed E-state index contributed by atoms with van der Waals surface area (Å²) in [5.74, 6) is -1.03. The van der Waals surface area contributed by atoms with E-state index in [2.05, 4.69) is 15.7 Å². The van der Waals surface area contributed by atoms with Crippen LogP contribution in [0.4, 0.5) is 5.69 Å². The Hall–Kier alpha value is -3.34. The van der Waals surface area contributed by atoms with Crippen molar-refractivity contribution in [1.82, 2.24) is 15.3 Å². The highest BCUT2D eigenvalue weighted by molar-refractivity contribution is 6.30. The lowest BCUT2D eigenvalue weighted by molar-refractivity contribution is -0.137. The minimum atomic E-state index is -1.05. The molecule has 0 saturated heterocycles. The summed E-state index contributed by atoms with van der Waals surface area (Å²) in [5.41, 5.74) is 4.41. The van der Waals surface area contributed by atoms with Crippen molar-refractivity contribution in [1.29, 1.82) is 0 Å². The molecule has 0 bridgehead atoms. The average Bonchev–Trinajstić information content (AvgIpc) is 2.93. The molecule has 0 aliphatic carbocycles. The van der Waals surface area contributed by atoms with Crippen LogP contribution in [0.25, 0.3) is 0 Å². The van der Waals surface area contributed by atoms with Gasteiger partial charge in [-0.15, -0.1) is 12.4 Å². The topological polar surface area (TPSA) is 124 Å². The van der Waals surface area contributed by atoms with Gasteiger partial charge in [-0.2, -0.15) is 0 Å². The Kier molecular flexibility index (Phi) is 10.5. The van der Waals surface area contributed by atoms with Crippen LogP contribution >= 0.6 is 24.0 Å². The standard InChI is InChI=1S/C24H28ClN5O5.ClH/c1-29(2)28-21-13-30(14-22(31)27-19-7-4-15(5-8-19)24(33)34)23(32)17(12-26-21)10-16-11-18(25)6-9-20(16)35-3;/h4-9,11,17H,10,12-14H2,1-3H3,(H,26,28)(H,27,31)(H,33,34);1H/t17-;/m1./s1. The number of nitrogens with one attached hydrogen (secondary N) is 2. The summed E-state index contributed by atoms with van der Waals surface area (Å²) in [5, 5.41) is 14.0. The maximum absolute atomic E-state index is 13.5. The Morgan fingerprint density at radius 1 is 1.22 bits per heavy atom. The molecule has 0 saturated carbocycles. The van der Waals surface area contributed by atoms with Gasteiger partial charge in [-0.25, -0.2) is 9.80 Å². The number of carbonyl (C=O) groups is 3. The lowest BCUT2D eigenvalue weighted by atomic mass is 9.97. The second kappa shape index (κ2) is 13.1. The Balaban J connectivity index is 0.00000456. The molecule has 2 aromatic carbocycles. The van der Waals surface area contributed by atoms with E-state index in [1.807, 2.05) is 0 Å². The number of nitrogens with zero attached hydrogens (tertiary/aromatic N) is 3. The zero-order valence-corrected chi connectivity index (χ0v) is 21.7. The third-order valence-electron chi connectivity index (χ3n) is 5.32. The number of aliphatic imine (C=N–C) groups is 1. The van der Waals surface area contributed by atoms with Crippen molar-refractivity contribution < 1.29 is 24.2 Å². The Bertz CT molecular complexity index is 1120. The molecule has 194 valence electrons. The number of hydrogen-bond donors (Lipinski definition) is 3. The highest BCUT2D eigenvalue weighted by Crippen LogP contribution is 2.26. The molecule has 1 aliphatic rings. The van der Waals surface area contributed by atoms with E-state index in [0.717, 1.165) is 5.56 Å². The van der Waals surface area contributed by atoms with Crippen molar-refractivity contribution in [3.8, 4) is 5.75 Å². The first-order chi connectivity index (χ1) is 16.7. The van der Waals surface area contributed by atoms with Crippen molar-refractivity contribution in [3.05, 3.63) is 58.6 Å². The fourth-order valence-electron chi connectivity index (χ4n) is 3.72. The van der Waals surface area contributed by atoms with Crippen LogP contribution in [0.3, 0.4) is 0 Å². The number of amidine groups is 1. The molecule has 0 fully saturated rings. The molecule has 2 aromatic rings. The zero-order chi connectivity index (χ0) is 25.5. The number of halogens is 2. The van der Waals surface area contributed by atoms with Crippen LogP contribution in [-0.4, -0.2) is 79.5 Å². The summed E-state index contributed by atoms with van der Waals surface area (Å²) < 4.78 is 5.42. The molecule has 12 heteroatoms. The number of aromatic carboxylic acids is 1. The van der Waals surface area contributed by atoms with Gasteiger partial charge >= 0.3 is 5.97 Å². The first-order valence-corrected chi connectivity index (χ1v) is 11.3. The third-order valence-corrected chi connectivity index (χ3v) is 5.55. The molecule has 2 amide bonds. The molecule has 0 aromatic heterocycles.